The Morgan fingerprint density at radius 3 is 2.03 bits per heavy atom. The molecule has 0 aliphatic carbocycles. The van der Waals surface area contributed by atoms with Gasteiger partial charge in [0.2, 0.25) is 5.91 Å². The molecule has 3 aromatic carbocycles. The SMILES string of the molecule is Cc1cccc(NC(=O)COC(=O)CCC(=O)Nc2ccc(Oc3c(C)cccc3C)cc2)c1C. The summed E-state index contributed by atoms with van der Waals surface area (Å²) in [5.74, 6) is 0.0899. The van der Waals surface area contributed by atoms with Crippen LogP contribution < -0.4 is 15.4 Å². The Balaban J connectivity index is 1.40. The minimum atomic E-state index is -0.617. The summed E-state index contributed by atoms with van der Waals surface area (Å²) in [5.41, 5.74) is 5.35. The quantitative estimate of drug-likeness (QED) is 0.393. The lowest BCUT2D eigenvalue weighted by atomic mass is 10.1. The molecule has 182 valence electrons. The standard InChI is InChI=1S/C28H30N2O5/c1-18-7-6-10-24(21(18)4)30-26(32)17-34-27(33)16-15-25(31)29-22-11-13-23(14-12-22)35-28-19(2)8-5-9-20(28)3/h5-14H,15-17H2,1-4H3,(H,29,31)(H,30,32). The molecule has 35 heavy (non-hydrogen) atoms. The fourth-order valence-corrected chi connectivity index (χ4v) is 3.41. The van der Waals surface area contributed by atoms with Gasteiger partial charge in [0, 0.05) is 17.8 Å². The molecule has 0 radical (unpaired) electrons. The molecule has 0 saturated heterocycles. The maximum atomic E-state index is 12.2. The Kier molecular flexibility index (Phi) is 8.62. The summed E-state index contributed by atoms with van der Waals surface area (Å²) in [5, 5.41) is 5.46. The monoisotopic (exact) mass is 474 g/mol. The van der Waals surface area contributed by atoms with Crippen LogP contribution in [0, 0.1) is 27.7 Å². The van der Waals surface area contributed by atoms with Gasteiger partial charge in [-0.3, -0.25) is 14.4 Å². The molecular formula is C28H30N2O5. The van der Waals surface area contributed by atoms with E-state index in [0.717, 1.165) is 28.0 Å². The first-order chi connectivity index (χ1) is 16.7. The van der Waals surface area contributed by atoms with Crippen molar-refractivity contribution in [3.05, 3.63) is 82.9 Å². The highest BCUT2D eigenvalue weighted by Crippen LogP contribution is 2.29. The van der Waals surface area contributed by atoms with Gasteiger partial charge in [0.1, 0.15) is 11.5 Å². The number of ether oxygens (including phenoxy) is 2. The Labute approximate surface area is 205 Å². The topological polar surface area (TPSA) is 93.7 Å². The van der Waals surface area contributed by atoms with Crippen LogP contribution in [0.3, 0.4) is 0 Å². The van der Waals surface area contributed by atoms with Gasteiger partial charge in [0.05, 0.1) is 6.42 Å². The number of carbonyl (C=O) groups is 3. The summed E-state index contributed by atoms with van der Waals surface area (Å²) in [7, 11) is 0. The van der Waals surface area contributed by atoms with Crippen molar-refractivity contribution in [3.63, 3.8) is 0 Å². The third kappa shape index (κ3) is 7.43. The van der Waals surface area contributed by atoms with Crippen LogP contribution in [0.15, 0.2) is 60.7 Å². The minimum absolute atomic E-state index is 0.0574. The number of hydrogen-bond acceptors (Lipinski definition) is 5. The maximum Gasteiger partial charge on any atom is 0.306 e. The van der Waals surface area contributed by atoms with Crippen LogP contribution in [-0.2, 0) is 19.1 Å². The number of aryl methyl sites for hydroxylation is 3. The Bertz CT molecular complexity index is 1200. The summed E-state index contributed by atoms with van der Waals surface area (Å²) >= 11 is 0. The van der Waals surface area contributed by atoms with E-state index in [1.54, 1.807) is 30.3 Å². The Morgan fingerprint density at radius 1 is 0.714 bits per heavy atom. The van der Waals surface area contributed by atoms with Gasteiger partial charge >= 0.3 is 5.97 Å². The average Bonchev–Trinajstić information content (AvgIpc) is 2.83. The second-order valence-corrected chi connectivity index (χ2v) is 8.35. The molecule has 3 rings (SSSR count). The van der Waals surface area contributed by atoms with Crippen LogP contribution in [0.1, 0.15) is 35.1 Å². The van der Waals surface area contributed by atoms with Crippen LogP contribution in [0.5, 0.6) is 11.5 Å². The molecule has 0 spiro atoms. The fraction of sp³-hybridized carbons (Fsp3) is 0.250. The third-order valence-electron chi connectivity index (χ3n) is 5.57. The highest BCUT2D eigenvalue weighted by atomic mass is 16.5. The molecule has 0 heterocycles. The van der Waals surface area contributed by atoms with E-state index in [1.807, 2.05) is 58.0 Å². The van der Waals surface area contributed by atoms with Gasteiger partial charge in [-0.15, -0.1) is 0 Å². The molecule has 7 heteroatoms. The smallest absolute Gasteiger partial charge is 0.306 e. The second-order valence-electron chi connectivity index (χ2n) is 8.35. The summed E-state index contributed by atoms with van der Waals surface area (Å²) in [6.07, 6.45) is -0.186. The number of esters is 1. The summed E-state index contributed by atoms with van der Waals surface area (Å²) < 4.78 is 11.0. The Hall–Kier alpha value is -4.13. The molecule has 0 aliphatic rings. The number of para-hydroxylation sites is 1. The van der Waals surface area contributed by atoms with Gasteiger partial charge in [-0.1, -0.05) is 30.3 Å². The van der Waals surface area contributed by atoms with Gasteiger partial charge in [-0.2, -0.15) is 0 Å². The minimum Gasteiger partial charge on any atom is -0.457 e. The van der Waals surface area contributed by atoms with Gasteiger partial charge in [0.25, 0.3) is 5.91 Å². The van der Waals surface area contributed by atoms with Crippen molar-refractivity contribution < 1.29 is 23.9 Å². The van der Waals surface area contributed by atoms with Gasteiger partial charge in [-0.05, 0) is 80.3 Å². The number of rotatable bonds is 9. The molecule has 0 unspecified atom stereocenters. The predicted octanol–water partition coefficient (Wildman–Crippen LogP) is 5.61. The van der Waals surface area contributed by atoms with Crippen molar-refractivity contribution in [2.45, 2.75) is 40.5 Å². The van der Waals surface area contributed by atoms with Crippen LogP contribution in [0.25, 0.3) is 0 Å². The lowest BCUT2D eigenvalue weighted by molar-refractivity contribution is -0.147. The van der Waals surface area contributed by atoms with Crippen LogP contribution in [0.2, 0.25) is 0 Å². The lowest BCUT2D eigenvalue weighted by Gasteiger charge is -2.12. The number of carbonyl (C=O) groups excluding carboxylic acids is 3. The van der Waals surface area contributed by atoms with Crippen molar-refractivity contribution in [1.82, 2.24) is 0 Å². The average molecular weight is 475 g/mol. The van der Waals surface area contributed by atoms with E-state index in [1.165, 1.54) is 0 Å². The third-order valence-corrected chi connectivity index (χ3v) is 5.57. The molecule has 2 amide bonds. The van der Waals surface area contributed by atoms with E-state index in [2.05, 4.69) is 10.6 Å². The summed E-state index contributed by atoms with van der Waals surface area (Å²) in [4.78, 5) is 36.2. The number of benzene rings is 3. The zero-order valence-electron chi connectivity index (χ0n) is 20.4. The van der Waals surface area contributed by atoms with Crippen molar-refractivity contribution in [1.29, 1.82) is 0 Å². The van der Waals surface area contributed by atoms with E-state index in [4.69, 9.17) is 9.47 Å². The van der Waals surface area contributed by atoms with Crippen molar-refractivity contribution in [2.24, 2.45) is 0 Å². The van der Waals surface area contributed by atoms with Crippen LogP contribution in [0.4, 0.5) is 11.4 Å². The molecule has 0 atom stereocenters. The fourth-order valence-electron chi connectivity index (χ4n) is 3.41. The normalized spacial score (nSPS) is 10.4. The zero-order valence-corrected chi connectivity index (χ0v) is 20.4. The molecule has 7 nitrogen and oxygen atoms in total. The zero-order chi connectivity index (χ0) is 25.4. The van der Waals surface area contributed by atoms with E-state index in [-0.39, 0.29) is 18.7 Å². The van der Waals surface area contributed by atoms with Gasteiger partial charge in [-0.25, -0.2) is 0 Å². The first-order valence-corrected chi connectivity index (χ1v) is 11.4. The summed E-state index contributed by atoms with van der Waals surface area (Å²) in [6.45, 7) is 7.42. The van der Waals surface area contributed by atoms with Gasteiger partial charge < -0.3 is 20.1 Å². The first-order valence-electron chi connectivity index (χ1n) is 11.4. The molecular weight excluding hydrogens is 444 g/mol. The highest BCUT2D eigenvalue weighted by molar-refractivity contribution is 5.95. The maximum absolute atomic E-state index is 12.2. The lowest BCUT2D eigenvalue weighted by Crippen LogP contribution is -2.22. The van der Waals surface area contributed by atoms with Gasteiger partial charge in [0.15, 0.2) is 6.61 Å². The van der Waals surface area contributed by atoms with E-state index in [0.29, 0.717) is 17.1 Å². The van der Waals surface area contributed by atoms with Crippen molar-refractivity contribution >= 4 is 29.2 Å². The molecule has 0 fully saturated rings. The Morgan fingerprint density at radius 2 is 1.34 bits per heavy atom. The second kappa shape index (κ2) is 11.8. The predicted molar refractivity (Wildman–Crippen MR) is 136 cm³/mol. The molecule has 0 aromatic heterocycles. The largest absolute Gasteiger partial charge is 0.457 e. The van der Waals surface area contributed by atoms with Crippen molar-refractivity contribution in [2.75, 3.05) is 17.2 Å². The number of nitrogens with one attached hydrogen (secondary N) is 2. The first kappa shape index (κ1) is 25.5. The van der Waals surface area contributed by atoms with E-state index >= 15 is 0 Å². The molecule has 0 bridgehead atoms. The molecule has 0 saturated carbocycles. The summed E-state index contributed by atoms with van der Waals surface area (Å²) in [6, 6.07) is 18.5. The molecule has 3 aromatic rings. The number of hydrogen-bond donors (Lipinski definition) is 2. The van der Waals surface area contributed by atoms with Crippen LogP contribution >= 0.6 is 0 Å². The number of anilines is 2. The highest BCUT2D eigenvalue weighted by Gasteiger charge is 2.12. The number of amides is 2. The van der Waals surface area contributed by atoms with Crippen molar-refractivity contribution in [3.8, 4) is 11.5 Å². The molecule has 2 N–H and O–H groups in total. The van der Waals surface area contributed by atoms with E-state index in [9.17, 15) is 14.4 Å². The molecule has 0 aliphatic heterocycles. The van der Waals surface area contributed by atoms with Crippen LogP contribution in [-0.4, -0.2) is 24.4 Å². The van der Waals surface area contributed by atoms with E-state index < -0.39 is 18.5 Å².